The fourth-order valence-corrected chi connectivity index (χ4v) is 3.06. The number of benzene rings is 1. The predicted molar refractivity (Wildman–Crippen MR) is 84.4 cm³/mol. The van der Waals surface area contributed by atoms with E-state index >= 15 is 0 Å². The molecule has 22 heavy (non-hydrogen) atoms. The van der Waals surface area contributed by atoms with E-state index in [1.165, 1.54) is 11.3 Å². The van der Waals surface area contributed by atoms with Crippen LogP contribution in [0.4, 0.5) is 10.8 Å². The molecule has 0 fully saturated rings. The molecule has 1 aromatic carbocycles. The molecular weight excluding hydrogens is 302 g/mol. The first kappa shape index (κ1) is 13.0. The molecule has 1 aliphatic rings. The summed E-state index contributed by atoms with van der Waals surface area (Å²) < 4.78 is 11.0. The highest BCUT2D eigenvalue weighted by Gasteiger charge is 2.12. The first-order valence-electron chi connectivity index (χ1n) is 6.72. The number of ether oxygens (including phenoxy) is 2. The molecule has 110 valence electrons. The molecule has 3 aromatic rings. The lowest BCUT2D eigenvalue weighted by atomic mass is 10.2. The quantitative estimate of drug-likeness (QED) is 0.784. The van der Waals surface area contributed by atoms with Crippen molar-refractivity contribution >= 4 is 32.4 Å². The van der Waals surface area contributed by atoms with Crippen molar-refractivity contribution in [1.82, 2.24) is 9.97 Å². The van der Waals surface area contributed by atoms with Crippen LogP contribution in [-0.4, -0.2) is 23.2 Å². The fraction of sp³-hybridized carbons (Fsp3) is 0.133. The molecular formula is C15H11N3O3S. The number of anilines is 2. The van der Waals surface area contributed by atoms with Gasteiger partial charge in [0.2, 0.25) is 0 Å². The molecule has 1 aliphatic heterocycles. The topological polar surface area (TPSA) is 73.3 Å². The van der Waals surface area contributed by atoms with E-state index in [1.54, 1.807) is 18.3 Å². The van der Waals surface area contributed by atoms with E-state index in [2.05, 4.69) is 15.3 Å². The molecule has 2 aromatic heterocycles. The molecule has 0 spiro atoms. The normalized spacial score (nSPS) is 13.1. The molecule has 0 aliphatic carbocycles. The molecule has 0 amide bonds. The highest BCUT2D eigenvalue weighted by molar-refractivity contribution is 7.21. The second-order valence-electron chi connectivity index (χ2n) is 4.66. The van der Waals surface area contributed by atoms with Gasteiger partial charge >= 0.3 is 0 Å². The van der Waals surface area contributed by atoms with E-state index < -0.39 is 0 Å². The number of hydrogen-bond acceptors (Lipinski definition) is 7. The molecule has 0 saturated carbocycles. The zero-order valence-corrected chi connectivity index (χ0v) is 12.2. The summed E-state index contributed by atoms with van der Waals surface area (Å²) in [5, 5.41) is 4.14. The number of rotatable bonds is 2. The smallest absolute Gasteiger partial charge is 0.282 e. The molecule has 0 saturated heterocycles. The van der Waals surface area contributed by atoms with Gasteiger partial charge in [-0.25, -0.2) is 4.98 Å². The van der Waals surface area contributed by atoms with Gasteiger partial charge in [-0.3, -0.25) is 4.79 Å². The molecule has 0 bridgehead atoms. The zero-order valence-electron chi connectivity index (χ0n) is 11.4. The third-order valence-corrected chi connectivity index (χ3v) is 4.10. The average Bonchev–Trinajstić information content (AvgIpc) is 2.55. The fourth-order valence-electron chi connectivity index (χ4n) is 2.20. The van der Waals surface area contributed by atoms with Gasteiger partial charge in [-0.15, -0.1) is 0 Å². The molecule has 0 atom stereocenters. The van der Waals surface area contributed by atoms with E-state index in [9.17, 15) is 4.79 Å². The first-order valence-corrected chi connectivity index (χ1v) is 7.54. The maximum Gasteiger partial charge on any atom is 0.282 e. The van der Waals surface area contributed by atoms with Gasteiger partial charge in [0, 0.05) is 18.0 Å². The minimum Gasteiger partial charge on any atom is -0.486 e. The number of aromatic nitrogens is 2. The predicted octanol–water partition coefficient (Wildman–Crippen LogP) is 2.57. The Kier molecular flexibility index (Phi) is 3.12. The number of pyridine rings is 1. The van der Waals surface area contributed by atoms with Gasteiger partial charge in [-0.05, 0) is 24.3 Å². The van der Waals surface area contributed by atoms with E-state index in [0.717, 1.165) is 11.4 Å². The number of nitrogens with one attached hydrogen (secondary N) is 1. The Balaban J connectivity index is 1.70. The molecule has 1 N–H and O–H groups in total. The molecule has 4 rings (SSSR count). The summed E-state index contributed by atoms with van der Waals surface area (Å²) in [4.78, 5) is 20.9. The largest absolute Gasteiger partial charge is 0.486 e. The monoisotopic (exact) mass is 313 g/mol. The van der Waals surface area contributed by atoms with Crippen LogP contribution in [-0.2, 0) is 0 Å². The van der Waals surface area contributed by atoms with Crippen molar-refractivity contribution in [3.63, 3.8) is 0 Å². The zero-order chi connectivity index (χ0) is 14.9. The third kappa shape index (κ3) is 2.35. The Morgan fingerprint density at radius 3 is 2.91 bits per heavy atom. The van der Waals surface area contributed by atoms with Crippen LogP contribution in [0, 0.1) is 0 Å². The first-order chi connectivity index (χ1) is 10.8. The van der Waals surface area contributed by atoms with Crippen molar-refractivity contribution < 1.29 is 9.47 Å². The van der Waals surface area contributed by atoms with Gasteiger partial charge in [0.15, 0.2) is 16.6 Å². The van der Waals surface area contributed by atoms with Gasteiger partial charge in [0.1, 0.15) is 18.0 Å². The van der Waals surface area contributed by atoms with E-state index in [-0.39, 0.29) is 5.56 Å². The summed E-state index contributed by atoms with van der Waals surface area (Å²) in [6, 6.07) is 8.97. The summed E-state index contributed by atoms with van der Waals surface area (Å²) in [5.41, 5.74) is 0.490. The van der Waals surface area contributed by atoms with Crippen molar-refractivity contribution in [2.24, 2.45) is 0 Å². The summed E-state index contributed by atoms with van der Waals surface area (Å²) in [6.45, 7) is 1.08. The van der Waals surface area contributed by atoms with Gasteiger partial charge in [0.25, 0.3) is 5.56 Å². The lowest BCUT2D eigenvalue weighted by molar-refractivity contribution is 0.171. The Hall–Kier alpha value is -2.67. The van der Waals surface area contributed by atoms with Crippen molar-refractivity contribution in [2.45, 2.75) is 0 Å². The maximum absolute atomic E-state index is 12.0. The molecule has 7 heteroatoms. The maximum atomic E-state index is 12.0. The Labute approximate surface area is 129 Å². The van der Waals surface area contributed by atoms with E-state index in [1.807, 2.05) is 18.2 Å². The van der Waals surface area contributed by atoms with Crippen LogP contribution in [0.2, 0.25) is 0 Å². The van der Waals surface area contributed by atoms with Crippen LogP contribution < -0.4 is 20.3 Å². The van der Waals surface area contributed by atoms with Crippen LogP contribution >= 0.6 is 11.3 Å². The van der Waals surface area contributed by atoms with Crippen LogP contribution in [0.5, 0.6) is 11.5 Å². The standard InChI is InChI=1S/C15H11N3O3S/c19-13-10-2-1-5-16-14(10)22-15(18-13)17-9-3-4-11-12(8-9)21-7-6-20-11/h1-5,8H,6-7H2,(H,17,18,19). The summed E-state index contributed by atoms with van der Waals surface area (Å²) in [7, 11) is 0. The van der Waals surface area contributed by atoms with Crippen LogP contribution in [0.1, 0.15) is 0 Å². The Bertz CT molecular complexity index is 910. The Morgan fingerprint density at radius 2 is 2.00 bits per heavy atom. The number of nitrogens with zero attached hydrogens (tertiary/aromatic N) is 2. The Morgan fingerprint density at radius 1 is 1.14 bits per heavy atom. The van der Waals surface area contributed by atoms with Gasteiger partial charge in [-0.1, -0.05) is 11.3 Å². The summed E-state index contributed by atoms with van der Waals surface area (Å²) in [5.74, 6) is 1.40. The van der Waals surface area contributed by atoms with E-state index in [0.29, 0.717) is 34.3 Å². The average molecular weight is 313 g/mol. The second kappa shape index (κ2) is 5.27. The minimum absolute atomic E-state index is 0.290. The molecule has 3 heterocycles. The van der Waals surface area contributed by atoms with Crippen LogP contribution in [0.25, 0.3) is 10.2 Å². The highest BCUT2D eigenvalue weighted by Crippen LogP contribution is 2.34. The van der Waals surface area contributed by atoms with Gasteiger partial charge < -0.3 is 14.8 Å². The van der Waals surface area contributed by atoms with Crippen molar-refractivity contribution in [3.8, 4) is 11.5 Å². The summed E-state index contributed by atoms with van der Waals surface area (Å²) in [6.07, 6.45) is 1.66. The van der Waals surface area contributed by atoms with Crippen molar-refractivity contribution in [2.75, 3.05) is 18.5 Å². The van der Waals surface area contributed by atoms with Crippen molar-refractivity contribution in [1.29, 1.82) is 0 Å². The number of fused-ring (bicyclic) bond motifs is 2. The summed E-state index contributed by atoms with van der Waals surface area (Å²) >= 11 is 1.33. The second-order valence-corrected chi connectivity index (χ2v) is 5.64. The minimum atomic E-state index is -0.290. The lowest BCUT2D eigenvalue weighted by Gasteiger charge is -2.19. The number of hydrogen-bond donors (Lipinski definition) is 1. The van der Waals surface area contributed by atoms with Crippen LogP contribution in [0.3, 0.4) is 0 Å². The van der Waals surface area contributed by atoms with E-state index in [4.69, 9.17) is 9.47 Å². The molecule has 6 nitrogen and oxygen atoms in total. The van der Waals surface area contributed by atoms with Crippen molar-refractivity contribution in [3.05, 3.63) is 46.9 Å². The SMILES string of the molecule is O=c1nc(Nc2ccc3c(c2)OCCO3)sc2ncccc12. The lowest BCUT2D eigenvalue weighted by Crippen LogP contribution is -2.15. The highest BCUT2D eigenvalue weighted by atomic mass is 32.1. The molecule has 0 radical (unpaired) electrons. The van der Waals surface area contributed by atoms with Gasteiger partial charge in [-0.2, -0.15) is 4.98 Å². The van der Waals surface area contributed by atoms with Gasteiger partial charge in [0.05, 0.1) is 5.39 Å². The third-order valence-electron chi connectivity index (χ3n) is 3.19. The molecule has 0 unspecified atom stereocenters. The van der Waals surface area contributed by atoms with Crippen LogP contribution in [0.15, 0.2) is 41.3 Å².